The Balaban J connectivity index is 3.09. The van der Waals surface area contributed by atoms with Crippen molar-refractivity contribution in [2.45, 2.75) is 31.6 Å². The van der Waals surface area contributed by atoms with Gasteiger partial charge < -0.3 is 4.74 Å². The molecule has 0 N–H and O–H groups in total. The molecule has 1 nitrogen and oxygen atoms in total. The fourth-order valence-electron chi connectivity index (χ4n) is 1.33. The summed E-state index contributed by atoms with van der Waals surface area (Å²) in [5.41, 5.74) is -2.50. The summed E-state index contributed by atoms with van der Waals surface area (Å²) in [6.45, 7) is -0.0923. The summed E-state index contributed by atoms with van der Waals surface area (Å²) < 4.78 is 77.3. The molecule has 0 aromatic carbocycles. The van der Waals surface area contributed by atoms with Crippen molar-refractivity contribution < 1.29 is 31.1 Å². The van der Waals surface area contributed by atoms with Crippen LogP contribution in [0.3, 0.4) is 0 Å². The maximum absolute atomic E-state index is 12.1. The number of alkyl halides is 6. The maximum atomic E-state index is 12.1. The third kappa shape index (κ3) is 3.04. The van der Waals surface area contributed by atoms with Crippen LogP contribution in [0.25, 0.3) is 0 Å². The van der Waals surface area contributed by atoms with Crippen molar-refractivity contribution in [1.82, 2.24) is 0 Å². The summed E-state index contributed by atoms with van der Waals surface area (Å²) in [7, 11) is 0. The molecule has 1 aliphatic heterocycles. The maximum Gasteiger partial charge on any atom is 0.424 e. The number of allylic oxidation sites excluding steroid dienone is 2. The molecule has 0 unspecified atom stereocenters. The highest BCUT2D eigenvalue weighted by molar-refractivity contribution is 5.20. The lowest BCUT2D eigenvalue weighted by molar-refractivity contribution is -0.177. The van der Waals surface area contributed by atoms with Gasteiger partial charge >= 0.3 is 12.4 Å². The molecule has 0 saturated carbocycles. The van der Waals surface area contributed by atoms with Gasteiger partial charge in [0.05, 0.1) is 6.61 Å². The van der Waals surface area contributed by atoms with Crippen molar-refractivity contribution in [3.8, 4) is 0 Å². The van der Waals surface area contributed by atoms with Crippen LogP contribution in [-0.4, -0.2) is 19.0 Å². The van der Waals surface area contributed by atoms with E-state index in [1.807, 2.05) is 0 Å². The predicted octanol–water partition coefficient (Wildman–Crippen LogP) is 3.57. The van der Waals surface area contributed by atoms with E-state index in [4.69, 9.17) is 0 Å². The van der Waals surface area contributed by atoms with Gasteiger partial charge in [-0.15, -0.1) is 0 Å². The molecule has 1 aliphatic rings. The smallest absolute Gasteiger partial charge is 0.424 e. The lowest BCUT2D eigenvalue weighted by atomic mass is 10.1. The van der Waals surface area contributed by atoms with Crippen LogP contribution in [-0.2, 0) is 4.74 Å². The van der Waals surface area contributed by atoms with Crippen molar-refractivity contribution in [3.05, 3.63) is 11.3 Å². The second kappa shape index (κ2) is 3.94. The lowest BCUT2D eigenvalue weighted by Gasteiger charge is -2.23. The van der Waals surface area contributed by atoms with E-state index >= 15 is 0 Å². The van der Waals surface area contributed by atoms with E-state index in [1.54, 1.807) is 0 Å². The molecule has 1 heterocycles. The largest absolute Gasteiger partial charge is 0.497 e. The molecule has 88 valence electrons. The number of rotatable bonds is 0. The van der Waals surface area contributed by atoms with Gasteiger partial charge in [-0.1, -0.05) is 0 Å². The van der Waals surface area contributed by atoms with Crippen LogP contribution in [0.4, 0.5) is 26.3 Å². The highest BCUT2D eigenvalue weighted by atomic mass is 19.4. The van der Waals surface area contributed by atoms with Crippen LogP contribution >= 0.6 is 0 Å². The van der Waals surface area contributed by atoms with Crippen LogP contribution in [0.1, 0.15) is 19.3 Å². The van der Waals surface area contributed by atoms with Crippen LogP contribution in [0.15, 0.2) is 11.3 Å². The van der Waals surface area contributed by atoms with Crippen LogP contribution in [0.5, 0.6) is 0 Å². The van der Waals surface area contributed by atoms with Crippen LogP contribution < -0.4 is 0 Å². The van der Waals surface area contributed by atoms with Crippen molar-refractivity contribution in [2.24, 2.45) is 0 Å². The second-order valence-electron chi connectivity index (χ2n) is 3.10. The summed E-state index contributed by atoms with van der Waals surface area (Å²) in [6.07, 6.45) is -10.4. The highest BCUT2D eigenvalue weighted by Crippen LogP contribution is 2.42. The third-order valence-electron chi connectivity index (χ3n) is 1.92. The normalized spacial score (nSPS) is 18.7. The SMILES string of the molecule is FC(F)(F)C(=C1CCCCO1)C(F)(F)F. The van der Waals surface area contributed by atoms with Gasteiger partial charge in [0.2, 0.25) is 0 Å². The number of halogens is 6. The molecule has 0 amide bonds. The molecule has 0 atom stereocenters. The quantitative estimate of drug-likeness (QED) is 0.582. The fourth-order valence-corrected chi connectivity index (χ4v) is 1.33. The van der Waals surface area contributed by atoms with Gasteiger partial charge in [-0.05, 0) is 12.8 Å². The van der Waals surface area contributed by atoms with Gasteiger partial charge in [0.15, 0.2) is 5.57 Å². The van der Waals surface area contributed by atoms with Gasteiger partial charge in [0.25, 0.3) is 0 Å². The van der Waals surface area contributed by atoms with Gasteiger partial charge in [0.1, 0.15) is 5.76 Å². The Labute approximate surface area is 81.7 Å². The Morgan fingerprint density at radius 2 is 1.47 bits per heavy atom. The summed E-state index contributed by atoms with van der Waals surface area (Å²) in [6, 6.07) is 0. The number of ether oxygens (including phenoxy) is 1. The molecule has 1 fully saturated rings. The first-order valence-electron chi connectivity index (χ1n) is 4.23. The summed E-state index contributed by atoms with van der Waals surface area (Å²) in [4.78, 5) is 0. The van der Waals surface area contributed by atoms with E-state index in [0.29, 0.717) is 6.42 Å². The van der Waals surface area contributed by atoms with Gasteiger partial charge in [-0.25, -0.2) is 0 Å². The van der Waals surface area contributed by atoms with E-state index in [1.165, 1.54) is 0 Å². The Hall–Kier alpha value is -0.880. The average molecular weight is 234 g/mol. The molecular weight excluding hydrogens is 226 g/mol. The van der Waals surface area contributed by atoms with Crippen LogP contribution in [0, 0.1) is 0 Å². The molecule has 0 bridgehead atoms. The van der Waals surface area contributed by atoms with Gasteiger partial charge in [-0.3, -0.25) is 0 Å². The minimum atomic E-state index is -5.41. The first kappa shape index (κ1) is 12.2. The van der Waals surface area contributed by atoms with Gasteiger partial charge in [0, 0.05) is 6.42 Å². The molecule has 0 aliphatic carbocycles. The van der Waals surface area contributed by atoms with Gasteiger partial charge in [-0.2, -0.15) is 26.3 Å². The van der Waals surface area contributed by atoms with E-state index in [0.717, 1.165) is 0 Å². The number of hydrogen-bond acceptors (Lipinski definition) is 1. The third-order valence-corrected chi connectivity index (χ3v) is 1.92. The lowest BCUT2D eigenvalue weighted by Crippen LogP contribution is -2.29. The molecule has 0 aromatic heterocycles. The predicted molar refractivity (Wildman–Crippen MR) is 38.9 cm³/mol. The zero-order chi connectivity index (χ0) is 11.7. The Bertz CT molecular complexity index is 237. The van der Waals surface area contributed by atoms with Crippen molar-refractivity contribution >= 4 is 0 Å². The monoisotopic (exact) mass is 234 g/mol. The Kier molecular flexibility index (Phi) is 3.20. The average Bonchev–Trinajstić information content (AvgIpc) is 2.00. The summed E-state index contributed by atoms with van der Waals surface area (Å²) >= 11 is 0. The zero-order valence-corrected chi connectivity index (χ0v) is 7.50. The molecule has 7 heteroatoms. The van der Waals surface area contributed by atoms with E-state index < -0.39 is 23.7 Å². The molecule has 1 rings (SSSR count). The number of hydrogen-bond donors (Lipinski definition) is 0. The minimum Gasteiger partial charge on any atom is -0.497 e. The molecule has 1 saturated heterocycles. The fraction of sp³-hybridized carbons (Fsp3) is 0.750. The van der Waals surface area contributed by atoms with E-state index in [2.05, 4.69) is 4.74 Å². The zero-order valence-electron chi connectivity index (χ0n) is 7.50. The van der Waals surface area contributed by atoms with E-state index in [9.17, 15) is 26.3 Å². The summed E-state index contributed by atoms with van der Waals surface area (Å²) in [5.74, 6) is -0.985. The molecule has 0 spiro atoms. The van der Waals surface area contributed by atoms with Crippen LogP contribution in [0.2, 0.25) is 0 Å². The molecule has 0 aromatic rings. The summed E-state index contributed by atoms with van der Waals surface area (Å²) in [5, 5.41) is 0. The van der Waals surface area contributed by atoms with Crippen molar-refractivity contribution in [2.75, 3.05) is 6.61 Å². The topological polar surface area (TPSA) is 9.23 Å². The van der Waals surface area contributed by atoms with Crippen molar-refractivity contribution in [1.29, 1.82) is 0 Å². The van der Waals surface area contributed by atoms with E-state index in [-0.39, 0.29) is 19.4 Å². The first-order chi connectivity index (χ1) is 6.73. The Morgan fingerprint density at radius 1 is 0.933 bits per heavy atom. The minimum absolute atomic E-state index is 0.0923. The molecule has 15 heavy (non-hydrogen) atoms. The second-order valence-corrected chi connectivity index (χ2v) is 3.10. The molecule has 0 radical (unpaired) electrons. The van der Waals surface area contributed by atoms with Crippen molar-refractivity contribution in [3.63, 3.8) is 0 Å². The highest BCUT2D eigenvalue weighted by Gasteiger charge is 2.53. The Morgan fingerprint density at radius 3 is 1.80 bits per heavy atom. The first-order valence-corrected chi connectivity index (χ1v) is 4.23. The standard InChI is InChI=1S/C8H8F6O/c9-7(10,11)6(8(12,13)14)5-3-1-2-4-15-5/h1-4H2. The molecular formula is C8H8F6O.